The molecule has 7 nitrogen and oxygen atoms in total. The summed E-state index contributed by atoms with van der Waals surface area (Å²) < 4.78 is 1.75. The lowest BCUT2D eigenvalue weighted by Gasteiger charge is -2.07. The molecule has 0 aliphatic rings. The molecule has 2 aromatic heterocycles. The second-order valence-electron chi connectivity index (χ2n) is 5.07. The molecular formula is C16H15N5O2S2. The van der Waals surface area contributed by atoms with Gasteiger partial charge in [0.1, 0.15) is 6.33 Å². The van der Waals surface area contributed by atoms with Gasteiger partial charge in [-0.25, -0.2) is 0 Å². The van der Waals surface area contributed by atoms with E-state index in [2.05, 4.69) is 20.8 Å². The van der Waals surface area contributed by atoms with E-state index in [4.69, 9.17) is 0 Å². The fourth-order valence-electron chi connectivity index (χ4n) is 1.97. The number of hydrogen-bond donors (Lipinski definition) is 2. The van der Waals surface area contributed by atoms with Crippen LogP contribution in [0.4, 0.5) is 11.4 Å². The number of aryl methyl sites for hydroxylation is 1. The largest absolute Gasteiger partial charge is 0.325 e. The zero-order chi connectivity index (χ0) is 17.6. The summed E-state index contributed by atoms with van der Waals surface area (Å²) in [6, 6.07) is 10.6. The van der Waals surface area contributed by atoms with E-state index in [1.165, 1.54) is 23.1 Å². The van der Waals surface area contributed by atoms with Gasteiger partial charge >= 0.3 is 0 Å². The van der Waals surface area contributed by atoms with Gasteiger partial charge in [0.25, 0.3) is 5.91 Å². The molecule has 0 saturated carbocycles. The highest BCUT2D eigenvalue weighted by Gasteiger charge is 2.09. The van der Waals surface area contributed by atoms with E-state index in [9.17, 15) is 9.59 Å². The zero-order valence-corrected chi connectivity index (χ0v) is 14.9. The quantitative estimate of drug-likeness (QED) is 0.649. The third kappa shape index (κ3) is 4.68. The van der Waals surface area contributed by atoms with Crippen LogP contribution in [0.25, 0.3) is 0 Å². The van der Waals surface area contributed by atoms with Crippen LogP contribution < -0.4 is 10.6 Å². The number of amides is 2. The minimum absolute atomic E-state index is 0.136. The Balaban J connectivity index is 1.51. The first-order valence-electron chi connectivity index (χ1n) is 7.33. The summed E-state index contributed by atoms with van der Waals surface area (Å²) in [5.74, 6) is -0.0427. The number of thioether (sulfide) groups is 1. The molecule has 9 heteroatoms. The van der Waals surface area contributed by atoms with Gasteiger partial charge in [-0.3, -0.25) is 9.59 Å². The molecule has 0 unspecified atom stereocenters. The second kappa shape index (κ2) is 7.95. The first-order chi connectivity index (χ1) is 12.1. The Morgan fingerprint density at radius 2 is 1.88 bits per heavy atom. The molecule has 2 N–H and O–H groups in total. The van der Waals surface area contributed by atoms with Gasteiger partial charge in [-0.1, -0.05) is 17.8 Å². The van der Waals surface area contributed by atoms with Crippen molar-refractivity contribution in [3.63, 3.8) is 0 Å². The smallest absolute Gasteiger partial charge is 0.265 e. The maximum Gasteiger partial charge on any atom is 0.265 e. The van der Waals surface area contributed by atoms with E-state index in [-0.39, 0.29) is 17.6 Å². The van der Waals surface area contributed by atoms with Gasteiger partial charge in [-0.05, 0) is 35.7 Å². The first kappa shape index (κ1) is 17.2. The molecule has 25 heavy (non-hydrogen) atoms. The van der Waals surface area contributed by atoms with E-state index in [1.54, 1.807) is 41.2 Å². The third-order valence-electron chi connectivity index (χ3n) is 3.17. The molecule has 3 aromatic rings. The minimum Gasteiger partial charge on any atom is -0.325 e. The summed E-state index contributed by atoms with van der Waals surface area (Å²) in [6.45, 7) is 0. The van der Waals surface area contributed by atoms with Crippen LogP contribution in [0.1, 0.15) is 9.67 Å². The predicted molar refractivity (Wildman–Crippen MR) is 99.1 cm³/mol. The minimum atomic E-state index is -0.146. The molecule has 3 rings (SSSR count). The van der Waals surface area contributed by atoms with E-state index < -0.39 is 0 Å². The van der Waals surface area contributed by atoms with Crippen molar-refractivity contribution in [3.05, 3.63) is 53.0 Å². The predicted octanol–water partition coefficient (Wildman–Crippen LogP) is 2.86. The van der Waals surface area contributed by atoms with Crippen molar-refractivity contribution < 1.29 is 9.59 Å². The van der Waals surface area contributed by atoms with Crippen LogP contribution in [0, 0.1) is 0 Å². The maximum atomic E-state index is 12.0. The SMILES string of the molecule is Cn1cnnc1SCC(=O)Nc1ccc(NC(=O)c2cccs2)cc1. The van der Waals surface area contributed by atoms with Gasteiger partial charge < -0.3 is 15.2 Å². The lowest BCUT2D eigenvalue weighted by atomic mass is 10.2. The number of nitrogens with zero attached hydrogens (tertiary/aromatic N) is 3. The maximum absolute atomic E-state index is 12.0. The molecule has 0 saturated heterocycles. The fraction of sp³-hybridized carbons (Fsp3) is 0.125. The highest BCUT2D eigenvalue weighted by molar-refractivity contribution is 7.99. The number of anilines is 2. The summed E-state index contributed by atoms with van der Waals surface area (Å²) in [5.41, 5.74) is 1.34. The van der Waals surface area contributed by atoms with Gasteiger partial charge in [0.15, 0.2) is 5.16 Å². The Kier molecular flexibility index (Phi) is 5.46. The number of hydrogen-bond acceptors (Lipinski definition) is 6. The van der Waals surface area contributed by atoms with E-state index in [0.717, 1.165) is 0 Å². The zero-order valence-electron chi connectivity index (χ0n) is 13.3. The Bertz CT molecular complexity index is 859. The molecule has 0 atom stereocenters. The second-order valence-corrected chi connectivity index (χ2v) is 6.96. The lowest BCUT2D eigenvalue weighted by Crippen LogP contribution is -2.14. The summed E-state index contributed by atoms with van der Waals surface area (Å²) in [5, 5.41) is 15.8. The van der Waals surface area contributed by atoms with Crippen molar-refractivity contribution in [1.29, 1.82) is 0 Å². The van der Waals surface area contributed by atoms with Crippen molar-refractivity contribution >= 4 is 46.3 Å². The number of carbonyl (C=O) groups excluding carboxylic acids is 2. The number of aromatic nitrogens is 3. The summed E-state index contributed by atoms with van der Waals surface area (Å²) in [6.07, 6.45) is 1.59. The van der Waals surface area contributed by atoms with Gasteiger partial charge in [-0.15, -0.1) is 21.5 Å². The molecule has 0 spiro atoms. The Morgan fingerprint density at radius 3 is 2.48 bits per heavy atom. The van der Waals surface area contributed by atoms with Gasteiger partial charge in [0.2, 0.25) is 5.91 Å². The van der Waals surface area contributed by atoms with E-state index in [1.807, 2.05) is 18.5 Å². The van der Waals surface area contributed by atoms with Crippen molar-refractivity contribution in [2.75, 3.05) is 16.4 Å². The molecular weight excluding hydrogens is 358 g/mol. The average Bonchev–Trinajstić information content (AvgIpc) is 3.26. The summed E-state index contributed by atoms with van der Waals surface area (Å²) in [4.78, 5) is 24.6. The van der Waals surface area contributed by atoms with Gasteiger partial charge in [0, 0.05) is 18.4 Å². The van der Waals surface area contributed by atoms with Crippen molar-refractivity contribution in [3.8, 4) is 0 Å². The molecule has 2 heterocycles. The number of benzene rings is 1. The van der Waals surface area contributed by atoms with Gasteiger partial charge in [0.05, 0.1) is 10.6 Å². The molecule has 0 radical (unpaired) electrons. The molecule has 0 aliphatic carbocycles. The van der Waals surface area contributed by atoms with Crippen LogP contribution in [0.15, 0.2) is 53.3 Å². The average molecular weight is 373 g/mol. The third-order valence-corrected chi connectivity index (χ3v) is 5.08. The van der Waals surface area contributed by atoms with Crippen LogP contribution in [-0.4, -0.2) is 32.3 Å². The molecule has 0 fully saturated rings. The van der Waals surface area contributed by atoms with Crippen LogP contribution in [0.2, 0.25) is 0 Å². The summed E-state index contributed by atoms with van der Waals surface area (Å²) in [7, 11) is 1.82. The molecule has 0 aliphatic heterocycles. The Morgan fingerprint density at radius 1 is 1.16 bits per heavy atom. The number of carbonyl (C=O) groups is 2. The first-order valence-corrected chi connectivity index (χ1v) is 9.20. The number of thiophene rings is 1. The standard InChI is InChI=1S/C16H15N5O2S2/c1-21-10-17-20-16(21)25-9-14(22)18-11-4-6-12(7-5-11)19-15(23)13-3-2-8-24-13/h2-8,10H,9H2,1H3,(H,18,22)(H,19,23). The molecule has 2 amide bonds. The van der Waals surface area contributed by atoms with Crippen LogP contribution in [0.3, 0.4) is 0 Å². The van der Waals surface area contributed by atoms with Crippen LogP contribution in [0.5, 0.6) is 0 Å². The van der Waals surface area contributed by atoms with E-state index in [0.29, 0.717) is 21.4 Å². The highest BCUT2D eigenvalue weighted by atomic mass is 32.2. The Hall–Kier alpha value is -2.65. The number of nitrogens with one attached hydrogen (secondary N) is 2. The monoisotopic (exact) mass is 373 g/mol. The van der Waals surface area contributed by atoms with Gasteiger partial charge in [-0.2, -0.15) is 0 Å². The topological polar surface area (TPSA) is 88.9 Å². The summed E-state index contributed by atoms with van der Waals surface area (Å²) >= 11 is 2.70. The highest BCUT2D eigenvalue weighted by Crippen LogP contribution is 2.18. The molecule has 128 valence electrons. The van der Waals surface area contributed by atoms with Crippen LogP contribution in [-0.2, 0) is 11.8 Å². The van der Waals surface area contributed by atoms with Crippen molar-refractivity contribution in [1.82, 2.24) is 14.8 Å². The Labute approximate surface area is 152 Å². The normalized spacial score (nSPS) is 10.4. The van der Waals surface area contributed by atoms with E-state index >= 15 is 0 Å². The van der Waals surface area contributed by atoms with Crippen molar-refractivity contribution in [2.24, 2.45) is 7.05 Å². The van der Waals surface area contributed by atoms with Crippen molar-refractivity contribution in [2.45, 2.75) is 5.16 Å². The van der Waals surface area contributed by atoms with Crippen LogP contribution >= 0.6 is 23.1 Å². The fourth-order valence-corrected chi connectivity index (χ4v) is 3.27. The molecule has 1 aromatic carbocycles. The number of rotatable bonds is 6. The lowest BCUT2D eigenvalue weighted by molar-refractivity contribution is -0.113. The molecule has 0 bridgehead atoms.